The number of ether oxygens (including phenoxy) is 11. The Morgan fingerprint density at radius 3 is 1.70 bits per heavy atom. The number of aliphatic hydroxyl groups excluding tert-OH is 8. The lowest BCUT2D eigenvalue weighted by Gasteiger charge is -2.46. The Bertz CT molecular complexity index is 2350. The minimum atomic E-state index is -1.95. The first kappa shape index (κ1) is 58.8. The molecule has 5 heterocycles. The van der Waals surface area contributed by atoms with Crippen molar-refractivity contribution < 1.29 is 118 Å². The van der Waals surface area contributed by atoms with Crippen LogP contribution in [0.4, 0.5) is 0 Å². The van der Waals surface area contributed by atoms with E-state index in [2.05, 4.69) is 0 Å². The molecular formula is C52H76O24. The SMILES string of the molecule is CO[C@H](C(=O)[C@@H](O)[C@@H](C)O)[C@@H]1Cc2cc3cc(O[C@H]4C[C@@H](O[C@H]5C[C@@H](O)[C@H](O)[C@@H](C)O5)[C@H](O)[C@@H](C)O4)c(C)c(O)c3c(O)c2C(=O)[C@H]1O[C@H]1C[C@@H](O[C@H]2C[C@@H](O[C@H]3C[C@@](C)(O)[C@H](O)[C@@H](C)O3)[C@H](O)[C@@H](C)O2)[C@H](O)[C@@H](C)O1. The van der Waals surface area contributed by atoms with Crippen molar-refractivity contribution in [2.24, 2.45) is 5.92 Å². The summed E-state index contributed by atoms with van der Waals surface area (Å²) >= 11 is 0. The van der Waals surface area contributed by atoms with Crippen LogP contribution < -0.4 is 4.74 Å². The highest BCUT2D eigenvalue weighted by molar-refractivity contribution is 6.11. The number of phenols is 2. The van der Waals surface area contributed by atoms with Crippen LogP contribution in [0.3, 0.4) is 0 Å². The summed E-state index contributed by atoms with van der Waals surface area (Å²) in [6.45, 7) is 12.1. The van der Waals surface area contributed by atoms with E-state index in [0.29, 0.717) is 0 Å². The third kappa shape index (κ3) is 11.9. The van der Waals surface area contributed by atoms with E-state index in [1.54, 1.807) is 27.7 Å². The highest BCUT2D eigenvalue weighted by Crippen LogP contribution is 2.47. The topological polar surface area (TPSA) is 358 Å². The third-order valence-corrected chi connectivity index (χ3v) is 15.9. The number of Topliss-reactive ketones (excluding diaryl/α,β-unsaturated/α-hetero) is 2. The molecule has 0 saturated carbocycles. The molecule has 5 saturated heterocycles. The highest BCUT2D eigenvalue weighted by atomic mass is 16.7. The Kier molecular flexibility index (Phi) is 18.1. The number of aliphatic hydroxyl groups is 9. The molecule has 24 heteroatoms. The number of phenolic OH excluding ortho intramolecular Hbond substituents is 2. The Hall–Kier alpha value is -3.32. The second kappa shape index (κ2) is 23.4. The Labute approximate surface area is 439 Å². The van der Waals surface area contributed by atoms with Gasteiger partial charge in [0, 0.05) is 50.7 Å². The van der Waals surface area contributed by atoms with Crippen LogP contribution in [0, 0.1) is 12.8 Å². The molecule has 6 aliphatic rings. The van der Waals surface area contributed by atoms with Crippen LogP contribution in [0.25, 0.3) is 10.8 Å². The van der Waals surface area contributed by atoms with Gasteiger partial charge >= 0.3 is 0 Å². The van der Waals surface area contributed by atoms with Gasteiger partial charge in [-0.05, 0) is 84.9 Å². The molecule has 76 heavy (non-hydrogen) atoms. The van der Waals surface area contributed by atoms with Gasteiger partial charge in [-0.1, -0.05) is 0 Å². The number of aromatic hydroxyl groups is 2. The molecule has 24 nitrogen and oxygen atoms in total. The summed E-state index contributed by atoms with van der Waals surface area (Å²) in [5.74, 6) is -4.07. The van der Waals surface area contributed by atoms with Crippen molar-refractivity contribution in [2.75, 3.05) is 7.11 Å². The van der Waals surface area contributed by atoms with Gasteiger partial charge in [0.1, 0.15) is 66.1 Å². The first-order valence-electron chi connectivity index (χ1n) is 26.0. The smallest absolute Gasteiger partial charge is 0.202 e. The van der Waals surface area contributed by atoms with Gasteiger partial charge < -0.3 is 108 Å². The molecule has 0 radical (unpaired) electrons. The predicted octanol–water partition coefficient (Wildman–Crippen LogP) is -0.249. The van der Waals surface area contributed by atoms with Gasteiger partial charge in [0.25, 0.3) is 0 Å². The highest BCUT2D eigenvalue weighted by Gasteiger charge is 2.51. The Morgan fingerprint density at radius 1 is 0.684 bits per heavy atom. The molecule has 2 aromatic rings. The summed E-state index contributed by atoms with van der Waals surface area (Å²) in [5, 5.41) is 120. The largest absolute Gasteiger partial charge is 0.507 e. The molecule has 11 N–H and O–H groups in total. The van der Waals surface area contributed by atoms with Gasteiger partial charge in [0.05, 0.1) is 77.6 Å². The van der Waals surface area contributed by atoms with Gasteiger partial charge in [-0.15, -0.1) is 0 Å². The predicted molar refractivity (Wildman–Crippen MR) is 259 cm³/mol. The number of ketones is 2. The Balaban J connectivity index is 1.04. The molecular weight excluding hydrogens is 1010 g/mol. The molecule has 0 aromatic heterocycles. The zero-order chi connectivity index (χ0) is 55.6. The van der Waals surface area contributed by atoms with Gasteiger partial charge in [0.15, 0.2) is 36.7 Å². The summed E-state index contributed by atoms with van der Waals surface area (Å²) in [4.78, 5) is 28.9. The Morgan fingerprint density at radius 2 is 1.17 bits per heavy atom. The molecule has 0 bridgehead atoms. The van der Waals surface area contributed by atoms with Gasteiger partial charge in [-0.25, -0.2) is 0 Å². The van der Waals surface area contributed by atoms with E-state index in [1.807, 2.05) is 0 Å². The first-order chi connectivity index (χ1) is 35.7. The molecule has 1 aliphatic carbocycles. The van der Waals surface area contributed by atoms with E-state index in [0.717, 1.165) is 0 Å². The fourth-order valence-electron chi connectivity index (χ4n) is 11.3. The maximum atomic E-state index is 15.0. The van der Waals surface area contributed by atoms with Crippen molar-refractivity contribution >= 4 is 22.3 Å². The number of carbonyl (C=O) groups is 2. The van der Waals surface area contributed by atoms with Crippen LogP contribution in [0.15, 0.2) is 12.1 Å². The first-order valence-corrected chi connectivity index (χ1v) is 26.0. The zero-order valence-corrected chi connectivity index (χ0v) is 44.0. The second-order valence-corrected chi connectivity index (χ2v) is 21.7. The van der Waals surface area contributed by atoms with Crippen molar-refractivity contribution in [2.45, 2.75) is 241 Å². The molecule has 0 spiro atoms. The van der Waals surface area contributed by atoms with Crippen LogP contribution >= 0.6 is 0 Å². The van der Waals surface area contributed by atoms with Crippen LogP contribution in [0.5, 0.6) is 17.2 Å². The monoisotopic (exact) mass is 1080 g/mol. The summed E-state index contributed by atoms with van der Waals surface area (Å²) < 4.78 is 66.5. The van der Waals surface area contributed by atoms with Crippen LogP contribution in [-0.2, 0) is 58.6 Å². The summed E-state index contributed by atoms with van der Waals surface area (Å²) in [5.41, 5.74) is -1.47. The lowest BCUT2D eigenvalue weighted by Crippen LogP contribution is -2.58. The standard InChI is InChI=1S/C52H76O24/c1-18-29(72-34-14-30(43(58)21(4)68-34)73-33-13-28(54)42(57)20(3)67-33)12-26-10-25-11-27(49(66-9)48(63)41(56)19(2)53)50(47(62)39(25)46(61)38(26)40(18)55)76-36-16-31(44(59)23(6)70-36)74-35-15-32(45(60)22(5)69-35)75-37-17-52(8,65)51(64)24(7)71-37/h10,12,19-24,27-28,30-37,41-45,49-51,53-61,64-65H,11,13-17H2,1-9H3/t19-,20-,21-,22-,23-,24-,27+,28-,30-,31-,32-,33+,34+,35+,36+,37+,41+,42-,43-,44-,45-,49+,50+,51-,52-/m1/s1. The summed E-state index contributed by atoms with van der Waals surface area (Å²) in [6, 6.07) is 3.03. The van der Waals surface area contributed by atoms with Gasteiger partial charge in [0.2, 0.25) is 6.29 Å². The van der Waals surface area contributed by atoms with Crippen LogP contribution in [0.2, 0.25) is 0 Å². The number of hydrogen-bond donors (Lipinski definition) is 11. The van der Waals surface area contributed by atoms with Crippen molar-refractivity contribution in [1.82, 2.24) is 0 Å². The molecule has 0 unspecified atom stereocenters. The molecule has 428 valence electrons. The maximum absolute atomic E-state index is 15.0. The van der Waals surface area contributed by atoms with E-state index in [1.165, 1.54) is 46.9 Å². The molecule has 8 rings (SSSR count). The maximum Gasteiger partial charge on any atom is 0.202 e. The van der Waals surface area contributed by atoms with Gasteiger partial charge in [-0.3, -0.25) is 9.59 Å². The molecule has 2 aromatic carbocycles. The second-order valence-electron chi connectivity index (χ2n) is 21.7. The number of rotatable bonds is 15. The quantitative estimate of drug-likeness (QED) is 0.110. The van der Waals surface area contributed by atoms with Gasteiger partial charge in [-0.2, -0.15) is 0 Å². The van der Waals surface area contributed by atoms with E-state index in [-0.39, 0.29) is 71.7 Å². The van der Waals surface area contributed by atoms with Crippen molar-refractivity contribution in [3.05, 3.63) is 28.8 Å². The molecule has 5 fully saturated rings. The molecule has 25 atom stereocenters. The number of carbonyl (C=O) groups excluding carboxylic acids is 2. The normalized spacial score (nSPS) is 42.5. The number of benzene rings is 2. The fourth-order valence-corrected chi connectivity index (χ4v) is 11.3. The zero-order valence-electron chi connectivity index (χ0n) is 44.0. The fraction of sp³-hybridized carbons (Fsp3) is 0.769. The van der Waals surface area contributed by atoms with Crippen molar-refractivity contribution in [3.8, 4) is 17.2 Å². The summed E-state index contributed by atoms with van der Waals surface area (Å²) in [6.07, 6.45) is -27.0. The lowest BCUT2D eigenvalue weighted by molar-refractivity contribution is -0.334. The number of hydrogen-bond acceptors (Lipinski definition) is 24. The van der Waals surface area contributed by atoms with E-state index < -0.39 is 176 Å². The van der Waals surface area contributed by atoms with Crippen LogP contribution in [-0.4, -0.2) is 222 Å². The number of methoxy groups -OCH3 is 1. The minimum Gasteiger partial charge on any atom is -0.507 e. The van der Waals surface area contributed by atoms with Crippen molar-refractivity contribution in [3.63, 3.8) is 0 Å². The average Bonchev–Trinajstić information content (AvgIpc) is 3.38. The number of fused-ring (bicyclic) bond motifs is 2. The summed E-state index contributed by atoms with van der Waals surface area (Å²) in [7, 11) is 1.18. The van der Waals surface area contributed by atoms with E-state index in [4.69, 9.17) is 52.1 Å². The van der Waals surface area contributed by atoms with E-state index >= 15 is 4.79 Å². The van der Waals surface area contributed by atoms with Crippen LogP contribution in [0.1, 0.15) is 102 Å². The minimum absolute atomic E-state index is 0.0365. The lowest BCUT2D eigenvalue weighted by atomic mass is 9.75. The molecule has 5 aliphatic heterocycles. The molecule has 0 amide bonds. The third-order valence-electron chi connectivity index (χ3n) is 15.9. The average molecular weight is 1090 g/mol. The van der Waals surface area contributed by atoms with Crippen molar-refractivity contribution in [1.29, 1.82) is 0 Å². The van der Waals surface area contributed by atoms with E-state index in [9.17, 15) is 61.0 Å².